The molecule has 1 atom stereocenters. The molecular weight excluding hydrogens is 276 g/mol. The Morgan fingerprint density at radius 1 is 1.14 bits per heavy atom. The van der Waals surface area contributed by atoms with Crippen molar-refractivity contribution in [2.75, 3.05) is 24.5 Å². The van der Waals surface area contributed by atoms with Gasteiger partial charge in [-0.05, 0) is 44.9 Å². The lowest BCUT2D eigenvalue weighted by Crippen LogP contribution is -2.40. The molecule has 0 aliphatic carbocycles. The number of carbonyl (C=O) groups excluding carboxylic acids is 1. The van der Waals surface area contributed by atoms with E-state index in [1.165, 1.54) is 25.7 Å². The van der Waals surface area contributed by atoms with E-state index >= 15 is 0 Å². The van der Waals surface area contributed by atoms with E-state index in [0.29, 0.717) is 11.7 Å². The second-order valence-electron chi connectivity index (χ2n) is 6.37. The first-order valence-electron chi connectivity index (χ1n) is 8.67. The Morgan fingerprint density at radius 2 is 1.91 bits per heavy atom. The summed E-state index contributed by atoms with van der Waals surface area (Å²) >= 11 is 0. The number of piperidine rings is 2. The standard InChI is InChI=1S/C17H26N4O/c1-2-14-8-4-7-11-21(14)16-12-15(18-13-19-16)17(22)20-9-5-3-6-10-20/h12-14H,2-11H2,1H3. The summed E-state index contributed by atoms with van der Waals surface area (Å²) in [6, 6.07) is 2.44. The van der Waals surface area contributed by atoms with Crippen molar-refractivity contribution >= 4 is 11.7 Å². The Balaban J connectivity index is 1.78. The van der Waals surface area contributed by atoms with Gasteiger partial charge >= 0.3 is 0 Å². The van der Waals surface area contributed by atoms with Crippen LogP contribution in [0.4, 0.5) is 5.82 Å². The van der Waals surface area contributed by atoms with Crippen LogP contribution < -0.4 is 4.90 Å². The molecule has 2 fully saturated rings. The van der Waals surface area contributed by atoms with Gasteiger partial charge in [0.05, 0.1) is 0 Å². The molecule has 5 heteroatoms. The van der Waals surface area contributed by atoms with E-state index in [2.05, 4.69) is 21.8 Å². The van der Waals surface area contributed by atoms with Crippen molar-refractivity contribution < 1.29 is 4.79 Å². The van der Waals surface area contributed by atoms with Crippen molar-refractivity contribution in [3.05, 3.63) is 18.1 Å². The summed E-state index contributed by atoms with van der Waals surface area (Å²) in [6.45, 7) is 4.98. The van der Waals surface area contributed by atoms with Gasteiger partial charge < -0.3 is 9.80 Å². The van der Waals surface area contributed by atoms with Gasteiger partial charge in [0.25, 0.3) is 5.91 Å². The summed E-state index contributed by atoms with van der Waals surface area (Å²) in [4.78, 5) is 25.6. The molecule has 2 aliphatic rings. The third-order valence-corrected chi connectivity index (χ3v) is 4.91. The molecule has 0 saturated carbocycles. The first-order valence-corrected chi connectivity index (χ1v) is 8.67. The quantitative estimate of drug-likeness (QED) is 0.861. The summed E-state index contributed by atoms with van der Waals surface area (Å²) in [7, 11) is 0. The van der Waals surface area contributed by atoms with E-state index in [-0.39, 0.29) is 5.91 Å². The van der Waals surface area contributed by atoms with Gasteiger partial charge in [-0.25, -0.2) is 9.97 Å². The summed E-state index contributed by atoms with van der Waals surface area (Å²) in [5.41, 5.74) is 0.548. The lowest BCUT2D eigenvalue weighted by atomic mass is 10.00. The van der Waals surface area contributed by atoms with Gasteiger partial charge in [0, 0.05) is 31.7 Å². The van der Waals surface area contributed by atoms with Crippen LogP contribution in [0.3, 0.4) is 0 Å². The molecule has 0 N–H and O–H groups in total. The normalized spacial score (nSPS) is 22.7. The van der Waals surface area contributed by atoms with E-state index in [9.17, 15) is 4.79 Å². The smallest absolute Gasteiger partial charge is 0.272 e. The van der Waals surface area contributed by atoms with Gasteiger partial charge in [0.2, 0.25) is 0 Å². The molecule has 1 amide bonds. The topological polar surface area (TPSA) is 49.3 Å². The number of nitrogens with zero attached hydrogens (tertiary/aromatic N) is 4. The fourth-order valence-corrected chi connectivity index (χ4v) is 3.61. The Labute approximate surface area is 132 Å². The number of rotatable bonds is 3. The van der Waals surface area contributed by atoms with Crippen LogP contribution in [0.25, 0.3) is 0 Å². The second kappa shape index (κ2) is 7.07. The Morgan fingerprint density at radius 3 is 2.68 bits per heavy atom. The van der Waals surface area contributed by atoms with Crippen molar-refractivity contribution in [3.8, 4) is 0 Å². The zero-order chi connectivity index (χ0) is 15.4. The molecule has 2 aliphatic heterocycles. The van der Waals surface area contributed by atoms with Crippen molar-refractivity contribution in [3.63, 3.8) is 0 Å². The highest BCUT2D eigenvalue weighted by Gasteiger charge is 2.24. The van der Waals surface area contributed by atoms with Gasteiger partial charge in [-0.2, -0.15) is 0 Å². The number of likely N-dealkylation sites (tertiary alicyclic amines) is 1. The van der Waals surface area contributed by atoms with E-state index in [1.807, 2.05) is 11.0 Å². The van der Waals surface area contributed by atoms with Crippen LogP contribution in [0, 0.1) is 0 Å². The van der Waals surface area contributed by atoms with Gasteiger partial charge in [-0.3, -0.25) is 4.79 Å². The molecule has 0 bridgehead atoms. The highest BCUT2D eigenvalue weighted by molar-refractivity contribution is 5.93. The maximum atomic E-state index is 12.6. The fraction of sp³-hybridized carbons (Fsp3) is 0.706. The third-order valence-electron chi connectivity index (χ3n) is 4.91. The lowest BCUT2D eigenvalue weighted by molar-refractivity contribution is 0.0718. The highest BCUT2D eigenvalue weighted by Crippen LogP contribution is 2.25. The fourth-order valence-electron chi connectivity index (χ4n) is 3.61. The number of hydrogen-bond donors (Lipinski definition) is 0. The molecule has 1 unspecified atom stereocenters. The average Bonchev–Trinajstić information content (AvgIpc) is 2.62. The maximum Gasteiger partial charge on any atom is 0.272 e. The molecule has 0 aromatic carbocycles. The summed E-state index contributed by atoms with van der Waals surface area (Å²) in [5, 5.41) is 0. The monoisotopic (exact) mass is 302 g/mol. The summed E-state index contributed by atoms with van der Waals surface area (Å²) in [5.74, 6) is 0.982. The summed E-state index contributed by atoms with van der Waals surface area (Å²) in [6.07, 6.45) is 9.82. The molecular formula is C17H26N4O. The predicted molar refractivity (Wildman–Crippen MR) is 87.1 cm³/mol. The molecule has 120 valence electrons. The van der Waals surface area contributed by atoms with Crippen LogP contribution in [0.2, 0.25) is 0 Å². The minimum Gasteiger partial charge on any atom is -0.354 e. The number of amides is 1. The van der Waals surface area contributed by atoms with Gasteiger partial charge in [0.1, 0.15) is 17.8 Å². The second-order valence-corrected chi connectivity index (χ2v) is 6.37. The van der Waals surface area contributed by atoms with Crippen LogP contribution in [-0.4, -0.2) is 46.5 Å². The average molecular weight is 302 g/mol. The molecule has 0 radical (unpaired) electrons. The number of hydrogen-bond acceptors (Lipinski definition) is 4. The Kier molecular flexibility index (Phi) is 4.90. The van der Waals surface area contributed by atoms with Crippen LogP contribution in [0.15, 0.2) is 12.4 Å². The SMILES string of the molecule is CCC1CCCCN1c1cc(C(=O)N2CCCCC2)ncn1. The molecule has 3 heterocycles. The molecule has 0 spiro atoms. The minimum atomic E-state index is 0.0633. The van der Waals surface area contributed by atoms with E-state index in [4.69, 9.17) is 0 Å². The molecule has 3 rings (SSSR count). The zero-order valence-electron chi connectivity index (χ0n) is 13.5. The minimum absolute atomic E-state index is 0.0633. The van der Waals surface area contributed by atoms with E-state index in [0.717, 1.165) is 44.7 Å². The largest absolute Gasteiger partial charge is 0.354 e. The highest BCUT2D eigenvalue weighted by atomic mass is 16.2. The molecule has 5 nitrogen and oxygen atoms in total. The van der Waals surface area contributed by atoms with Crippen molar-refractivity contribution in [1.82, 2.24) is 14.9 Å². The van der Waals surface area contributed by atoms with Crippen molar-refractivity contribution in [2.45, 2.75) is 57.9 Å². The van der Waals surface area contributed by atoms with Crippen molar-refractivity contribution in [2.24, 2.45) is 0 Å². The van der Waals surface area contributed by atoms with Crippen LogP contribution >= 0.6 is 0 Å². The molecule has 22 heavy (non-hydrogen) atoms. The maximum absolute atomic E-state index is 12.6. The Bertz CT molecular complexity index is 513. The third kappa shape index (κ3) is 3.23. The number of anilines is 1. The van der Waals surface area contributed by atoms with Crippen molar-refractivity contribution in [1.29, 1.82) is 0 Å². The van der Waals surface area contributed by atoms with E-state index in [1.54, 1.807) is 6.33 Å². The van der Waals surface area contributed by atoms with Crippen LogP contribution in [0.1, 0.15) is 62.4 Å². The Hall–Kier alpha value is -1.65. The number of aromatic nitrogens is 2. The van der Waals surface area contributed by atoms with Crippen LogP contribution in [-0.2, 0) is 0 Å². The number of carbonyl (C=O) groups is 1. The lowest BCUT2D eigenvalue weighted by Gasteiger charge is -2.36. The first-order chi connectivity index (χ1) is 10.8. The molecule has 1 aromatic heterocycles. The van der Waals surface area contributed by atoms with Crippen LogP contribution in [0.5, 0.6) is 0 Å². The van der Waals surface area contributed by atoms with Gasteiger partial charge in [-0.1, -0.05) is 6.92 Å². The molecule has 1 aromatic rings. The first kappa shape index (κ1) is 15.3. The molecule has 2 saturated heterocycles. The summed E-state index contributed by atoms with van der Waals surface area (Å²) < 4.78 is 0. The predicted octanol–water partition coefficient (Wildman–Crippen LogP) is 2.87. The zero-order valence-corrected chi connectivity index (χ0v) is 13.5. The van der Waals surface area contributed by atoms with Gasteiger partial charge in [-0.15, -0.1) is 0 Å². The van der Waals surface area contributed by atoms with E-state index < -0.39 is 0 Å². The van der Waals surface area contributed by atoms with Gasteiger partial charge in [0.15, 0.2) is 0 Å².